The van der Waals surface area contributed by atoms with Crippen molar-refractivity contribution in [2.75, 3.05) is 11.9 Å². The number of phenolic OH excluding ortho intramolecular Hbond substituents is 1. The summed E-state index contributed by atoms with van der Waals surface area (Å²) < 4.78 is 0. The highest BCUT2D eigenvalue weighted by Gasteiger charge is 2.11. The number of hydrogen-bond acceptors (Lipinski definition) is 3. The van der Waals surface area contributed by atoms with Crippen molar-refractivity contribution in [3.63, 3.8) is 0 Å². The van der Waals surface area contributed by atoms with Gasteiger partial charge in [-0.3, -0.25) is 9.59 Å². The zero-order chi connectivity index (χ0) is 11.3. The molecule has 5 heteroatoms. The topological polar surface area (TPSA) is 78.4 Å². The maximum atomic E-state index is 11.2. The first-order chi connectivity index (χ1) is 7.13. The van der Waals surface area contributed by atoms with Crippen LogP contribution in [0.1, 0.15) is 6.92 Å². The van der Waals surface area contributed by atoms with Crippen molar-refractivity contribution in [1.82, 2.24) is 5.32 Å². The van der Waals surface area contributed by atoms with Crippen LogP contribution in [0.3, 0.4) is 0 Å². The van der Waals surface area contributed by atoms with Crippen LogP contribution in [-0.2, 0) is 9.59 Å². The van der Waals surface area contributed by atoms with Crippen LogP contribution in [0, 0.1) is 0 Å². The number of carbonyl (C=O) groups excluding carboxylic acids is 2. The molecule has 3 N–H and O–H groups in total. The molecule has 0 saturated carbocycles. The van der Waals surface area contributed by atoms with E-state index in [1.807, 2.05) is 0 Å². The number of amides is 2. The van der Waals surface area contributed by atoms with Crippen LogP contribution in [-0.4, -0.2) is 23.5 Å². The van der Waals surface area contributed by atoms with Gasteiger partial charge in [-0.05, 0) is 19.1 Å². The Kier molecular flexibility index (Phi) is 3.68. The number of phenols is 1. The molecule has 1 rings (SSSR count). The monoisotopic (exact) mass is 208 g/mol. The average molecular weight is 208 g/mol. The summed E-state index contributed by atoms with van der Waals surface area (Å²) in [6.45, 7) is 2.12. The molecule has 0 fully saturated rings. The third-order valence-electron chi connectivity index (χ3n) is 1.65. The van der Waals surface area contributed by atoms with E-state index in [2.05, 4.69) is 10.6 Å². The number of nitrogens with one attached hydrogen (secondary N) is 2. The highest BCUT2D eigenvalue weighted by atomic mass is 16.3. The van der Waals surface area contributed by atoms with Crippen LogP contribution < -0.4 is 10.6 Å². The van der Waals surface area contributed by atoms with Crippen molar-refractivity contribution in [1.29, 1.82) is 0 Å². The van der Waals surface area contributed by atoms with Gasteiger partial charge in [-0.15, -0.1) is 0 Å². The first-order valence-corrected chi connectivity index (χ1v) is 4.51. The predicted molar refractivity (Wildman–Crippen MR) is 55.4 cm³/mol. The van der Waals surface area contributed by atoms with Crippen molar-refractivity contribution in [2.45, 2.75) is 6.92 Å². The lowest BCUT2D eigenvalue weighted by Gasteiger charge is -2.04. The molecule has 5 nitrogen and oxygen atoms in total. The van der Waals surface area contributed by atoms with Gasteiger partial charge in [0.05, 0.1) is 0 Å². The van der Waals surface area contributed by atoms with Crippen molar-refractivity contribution in [2.24, 2.45) is 0 Å². The number of likely N-dealkylation sites (N-methyl/N-ethyl adjacent to an activating group) is 1. The summed E-state index contributed by atoms with van der Waals surface area (Å²) in [4.78, 5) is 22.3. The van der Waals surface area contributed by atoms with Crippen molar-refractivity contribution >= 4 is 17.5 Å². The lowest BCUT2D eigenvalue weighted by Crippen LogP contribution is -2.35. The van der Waals surface area contributed by atoms with Crippen LogP contribution >= 0.6 is 0 Å². The number of hydrogen-bond donors (Lipinski definition) is 3. The molecule has 80 valence electrons. The Bertz CT molecular complexity index is 377. The first-order valence-electron chi connectivity index (χ1n) is 4.51. The van der Waals surface area contributed by atoms with Crippen molar-refractivity contribution < 1.29 is 14.7 Å². The van der Waals surface area contributed by atoms with E-state index in [-0.39, 0.29) is 5.75 Å². The van der Waals surface area contributed by atoms with Gasteiger partial charge in [0.1, 0.15) is 5.75 Å². The Hall–Kier alpha value is -2.04. The Labute approximate surface area is 87.1 Å². The minimum Gasteiger partial charge on any atom is -0.508 e. The fourth-order valence-corrected chi connectivity index (χ4v) is 1.01. The molecule has 2 amide bonds. The molecule has 0 aliphatic rings. The quantitative estimate of drug-likeness (QED) is 0.618. The van der Waals surface area contributed by atoms with E-state index in [1.165, 1.54) is 12.1 Å². The summed E-state index contributed by atoms with van der Waals surface area (Å²) in [5, 5.41) is 13.8. The SMILES string of the molecule is CCNC(=O)C(=O)Nc1cccc(O)c1. The van der Waals surface area contributed by atoms with Gasteiger partial charge in [0.2, 0.25) is 0 Å². The highest BCUT2D eigenvalue weighted by Crippen LogP contribution is 2.14. The van der Waals surface area contributed by atoms with Gasteiger partial charge in [0.15, 0.2) is 0 Å². The predicted octanol–water partition coefficient (Wildman–Crippen LogP) is 0.467. The Morgan fingerprint density at radius 1 is 1.33 bits per heavy atom. The molecule has 0 spiro atoms. The van der Waals surface area contributed by atoms with E-state index in [4.69, 9.17) is 5.11 Å². The second-order valence-corrected chi connectivity index (χ2v) is 2.86. The summed E-state index contributed by atoms with van der Waals surface area (Å²) in [6.07, 6.45) is 0. The fourth-order valence-electron chi connectivity index (χ4n) is 1.01. The van der Waals surface area contributed by atoms with Crippen LogP contribution in [0.15, 0.2) is 24.3 Å². The second kappa shape index (κ2) is 4.99. The summed E-state index contributed by atoms with van der Waals surface area (Å²) in [5.41, 5.74) is 0.381. The largest absolute Gasteiger partial charge is 0.508 e. The summed E-state index contributed by atoms with van der Waals surface area (Å²) in [6, 6.07) is 5.98. The zero-order valence-corrected chi connectivity index (χ0v) is 8.28. The van der Waals surface area contributed by atoms with E-state index >= 15 is 0 Å². The molecule has 0 atom stereocenters. The van der Waals surface area contributed by atoms with Crippen molar-refractivity contribution in [3.05, 3.63) is 24.3 Å². The molecule has 0 bridgehead atoms. The molecule has 0 heterocycles. The van der Waals surface area contributed by atoms with Gasteiger partial charge in [0.25, 0.3) is 0 Å². The van der Waals surface area contributed by atoms with Gasteiger partial charge in [-0.2, -0.15) is 0 Å². The number of benzene rings is 1. The average Bonchev–Trinajstić information content (AvgIpc) is 2.18. The lowest BCUT2D eigenvalue weighted by molar-refractivity contribution is -0.136. The smallest absolute Gasteiger partial charge is 0.313 e. The number of rotatable bonds is 2. The maximum Gasteiger partial charge on any atom is 0.313 e. The van der Waals surface area contributed by atoms with E-state index in [1.54, 1.807) is 19.1 Å². The van der Waals surface area contributed by atoms with Gasteiger partial charge < -0.3 is 15.7 Å². The first kappa shape index (κ1) is 11.0. The molecule has 1 aromatic rings. The maximum absolute atomic E-state index is 11.2. The van der Waals surface area contributed by atoms with Crippen LogP contribution in [0.2, 0.25) is 0 Å². The molecule has 0 aliphatic carbocycles. The third-order valence-corrected chi connectivity index (χ3v) is 1.65. The minimum atomic E-state index is -0.748. The molecule has 15 heavy (non-hydrogen) atoms. The van der Waals surface area contributed by atoms with Gasteiger partial charge in [0, 0.05) is 18.3 Å². The summed E-state index contributed by atoms with van der Waals surface area (Å²) in [5.74, 6) is -1.41. The Morgan fingerprint density at radius 3 is 2.67 bits per heavy atom. The van der Waals surface area contributed by atoms with E-state index in [0.29, 0.717) is 12.2 Å². The molecule has 0 aliphatic heterocycles. The van der Waals surface area contributed by atoms with Crippen LogP contribution in [0.25, 0.3) is 0 Å². The molecule has 1 aromatic carbocycles. The van der Waals surface area contributed by atoms with Crippen LogP contribution in [0.5, 0.6) is 5.75 Å². The Morgan fingerprint density at radius 2 is 2.07 bits per heavy atom. The number of aromatic hydroxyl groups is 1. The second-order valence-electron chi connectivity index (χ2n) is 2.86. The summed E-state index contributed by atoms with van der Waals surface area (Å²) >= 11 is 0. The third kappa shape index (κ3) is 3.30. The molecular formula is C10H12N2O3. The lowest BCUT2D eigenvalue weighted by atomic mass is 10.3. The number of anilines is 1. The molecular weight excluding hydrogens is 196 g/mol. The normalized spacial score (nSPS) is 9.40. The van der Waals surface area contributed by atoms with E-state index in [9.17, 15) is 9.59 Å². The fraction of sp³-hybridized carbons (Fsp3) is 0.200. The van der Waals surface area contributed by atoms with E-state index in [0.717, 1.165) is 0 Å². The van der Waals surface area contributed by atoms with Crippen molar-refractivity contribution in [3.8, 4) is 5.75 Å². The molecule has 0 saturated heterocycles. The van der Waals surface area contributed by atoms with Gasteiger partial charge >= 0.3 is 11.8 Å². The van der Waals surface area contributed by atoms with Gasteiger partial charge in [-0.1, -0.05) is 6.07 Å². The summed E-state index contributed by atoms with van der Waals surface area (Å²) in [7, 11) is 0. The molecule has 0 unspecified atom stereocenters. The van der Waals surface area contributed by atoms with Crippen LogP contribution in [0.4, 0.5) is 5.69 Å². The Balaban J connectivity index is 2.62. The van der Waals surface area contributed by atoms with Gasteiger partial charge in [-0.25, -0.2) is 0 Å². The van der Waals surface area contributed by atoms with E-state index < -0.39 is 11.8 Å². The highest BCUT2D eigenvalue weighted by molar-refractivity contribution is 6.39. The number of carbonyl (C=O) groups is 2. The molecule has 0 aromatic heterocycles. The molecule has 0 radical (unpaired) electrons. The minimum absolute atomic E-state index is 0.0312. The standard InChI is InChI=1S/C10H12N2O3/c1-2-11-9(14)10(15)12-7-4-3-5-8(13)6-7/h3-6,13H,2H2,1H3,(H,11,14)(H,12,15). The zero-order valence-electron chi connectivity index (χ0n) is 8.28.